The maximum Gasteiger partial charge on any atom is 0.407 e. The fourth-order valence-electron chi connectivity index (χ4n) is 5.65. The van der Waals surface area contributed by atoms with Crippen LogP contribution in [0.4, 0.5) is 4.79 Å². The molecule has 34 heavy (non-hydrogen) atoms. The van der Waals surface area contributed by atoms with Gasteiger partial charge in [0, 0.05) is 31.0 Å². The molecule has 2 aromatic rings. The van der Waals surface area contributed by atoms with Gasteiger partial charge in [0.15, 0.2) is 0 Å². The number of alkyl carbamates (subject to hydrolysis) is 1. The molecule has 2 atom stereocenters. The number of ether oxygens (including phenoxy) is 1. The molecule has 2 aliphatic carbocycles. The third-order valence-corrected chi connectivity index (χ3v) is 7.58. The quantitative estimate of drug-likeness (QED) is 0.651. The molecule has 1 heterocycles. The highest BCUT2D eigenvalue weighted by Gasteiger charge is 2.60. The SMILES string of the molecule is CC(C)(CCC(=O)N1CC2C(C1)C2C(=O)O)NC(=O)OCC1c2ccccc2-c2ccccc21. The number of hydrogen-bond donors (Lipinski definition) is 2. The van der Waals surface area contributed by atoms with Crippen molar-refractivity contribution in [1.82, 2.24) is 10.2 Å². The summed E-state index contributed by atoms with van der Waals surface area (Å²) in [6.07, 6.45) is 0.281. The fraction of sp³-hybridized carbons (Fsp3) is 0.444. The van der Waals surface area contributed by atoms with Crippen LogP contribution in [-0.4, -0.2) is 53.2 Å². The molecule has 0 radical (unpaired) electrons. The second-order valence-electron chi connectivity index (χ2n) is 10.3. The topological polar surface area (TPSA) is 95.9 Å². The first-order chi connectivity index (χ1) is 16.2. The number of nitrogens with zero attached hydrogens (tertiary/aromatic N) is 1. The lowest BCUT2D eigenvalue weighted by atomic mass is 9.97. The number of carboxylic acids is 1. The molecule has 0 bridgehead atoms. The zero-order valence-corrected chi connectivity index (χ0v) is 19.5. The van der Waals surface area contributed by atoms with Crippen LogP contribution in [0, 0.1) is 17.8 Å². The van der Waals surface area contributed by atoms with Crippen LogP contribution in [-0.2, 0) is 14.3 Å². The summed E-state index contributed by atoms with van der Waals surface area (Å²) in [4.78, 5) is 38.1. The number of hydrogen-bond acceptors (Lipinski definition) is 4. The van der Waals surface area contributed by atoms with Gasteiger partial charge in [0.2, 0.25) is 5.91 Å². The monoisotopic (exact) mass is 462 g/mol. The lowest BCUT2D eigenvalue weighted by Crippen LogP contribution is -2.45. The van der Waals surface area contributed by atoms with Crippen molar-refractivity contribution in [2.24, 2.45) is 17.8 Å². The summed E-state index contributed by atoms with van der Waals surface area (Å²) in [6.45, 7) is 5.06. The second-order valence-corrected chi connectivity index (χ2v) is 10.3. The zero-order valence-electron chi connectivity index (χ0n) is 19.5. The summed E-state index contributed by atoms with van der Waals surface area (Å²) in [7, 11) is 0. The Bertz CT molecular complexity index is 1090. The average Bonchev–Trinajstić information content (AvgIpc) is 3.16. The summed E-state index contributed by atoms with van der Waals surface area (Å²) >= 11 is 0. The molecule has 1 aliphatic heterocycles. The number of nitrogens with one attached hydrogen (secondary N) is 1. The van der Waals surface area contributed by atoms with E-state index in [4.69, 9.17) is 9.84 Å². The predicted molar refractivity (Wildman–Crippen MR) is 126 cm³/mol. The van der Waals surface area contributed by atoms with Gasteiger partial charge in [-0.05, 0) is 54.4 Å². The van der Waals surface area contributed by atoms with Gasteiger partial charge in [-0.3, -0.25) is 9.59 Å². The van der Waals surface area contributed by atoms with Gasteiger partial charge in [-0.25, -0.2) is 4.79 Å². The van der Waals surface area contributed by atoms with Gasteiger partial charge in [-0.2, -0.15) is 0 Å². The van der Waals surface area contributed by atoms with Crippen molar-refractivity contribution in [3.8, 4) is 11.1 Å². The summed E-state index contributed by atoms with van der Waals surface area (Å²) in [6, 6.07) is 16.4. The van der Waals surface area contributed by atoms with Crippen LogP contribution in [0.25, 0.3) is 11.1 Å². The molecular weight excluding hydrogens is 432 g/mol. The van der Waals surface area contributed by atoms with E-state index in [0.717, 1.165) is 11.1 Å². The molecule has 2 fully saturated rings. The lowest BCUT2D eigenvalue weighted by Gasteiger charge is -2.27. The number of carbonyl (C=O) groups is 3. The van der Waals surface area contributed by atoms with Crippen molar-refractivity contribution >= 4 is 18.0 Å². The number of fused-ring (bicyclic) bond motifs is 4. The van der Waals surface area contributed by atoms with E-state index in [-0.39, 0.29) is 36.2 Å². The minimum atomic E-state index is -0.754. The summed E-state index contributed by atoms with van der Waals surface area (Å²) in [5.41, 5.74) is 4.08. The number of amides is 2. The van der Waals surface area contributed by atoms with Gasteiger partial charge in [0.05, 0.1) is 5.92 Å². The normalized spacial score (nSPS) is 22.5. The Morgan fingerprint density at radius 1 is 1.00 bits per heavy atom. The maximum absolute atomic E-state index is 12.6. The first-order valence-corrected chi connectivity index (χ1v) is 11.9. The van der Waals surface area contributed by atoms with E-state index in [9.17, 15) is 14.4 Å². The molecule has 0 spiro atoms. The minimum absolute atomic E-state index is 0.000861. The van der Waals surface area contributed by atoms with Crippen LogP contribution in [0.1, 0.15) is 43.7 Å². The van der Waals surface area contributed by atoms with Crippen molar-refractivity contribution in [3.63, 3.8) is 0 Å². The highest BCUT2D eigenvalue weighted by molar-refractivity contribution is 5.80. The Kier molecular flexibility index (Phi) is 5.58. The van der Waals surface area contributed by atoms with E-state index in [1.165, 1.54) is 11.1 Å². The van der Waals surface area contributed by atoms with Crippen LogP contribution >= 0.6 is 0 Å². The second kappa shape index (κ2) is 8.46. The third kappa shape index (κ3) is 4.15. The number of carbonyl (C=O) groups excluding carboxylic acids is 2. The van der Waals surface area contributed by atoms with Crippen molar-refractivity contribution in [1.29, 1.82) is 0 Å². The highest BCUT2D eigenvalue weighted by atomic mass is 16.5. The fourth-order valence-corrected chi connectivity index (χ4v) is 5.65. The van der Waals surface area contributed by atoms with Crippen LogP contribution in [0.3, 0.4) is 0 Å². The Labute approximate surface area is 199 Å². The van der Waals surface area contributed by atoms with Gasteiger partial charge in [-0.1, -0.05) is 48.5 Å². The lowest BCUT2D eigenvalue weighted by molar-refractivity contribution is -0.141. The molecule has 1 saturated heterocycles. The Balaban J connectivity index is 1.11. The highest BCUT2D eigenvalue weighted by Crippen LogP contribution is 2.52. The molecule has 2 aromatic carbocycles. The largest absolute Gasteiger partial charge is 0.481 e. The first-order valence-electron chi connectivity index (χ1n) is 11.9. The van der Waals surface area contributed by atoms with Crippen molar-refractivity contribution in [2.75, 3.05) is 19.7 Å². The van der Waals surface area contributed by atoms with Crippen LogP contribution in [0.2, 0.25) is 0 Å². The number of rotatable bonds is 7. The van der Waals surface area contributed by atoms with Gasteiger partial charge < -0.3 is 20.1 Å². The third-order valence-electron chi connectivity index (χ3n) is 7.58. The standard InChI is InChI=1S/C27H30N2O5/c1-27(2,12-11-23(30)29-13-20-21(14-29)24(20)25(31)32)28-26(33)34-15-22-18-9-5-3-7-16(18)17-8-4-6-10-19(17)22/h3-10,20-22,24H,11-15H2,1-2H3,(H,28,33)(H,31,32). The van der Waals surface area contributed by atoms with E-state index in [1.54, 1.807) is 4.90 Å². The number of aliphatic carboxylic acids is 1. The summed E-state index contributed by atoms with van der Waals surface area (Å²) in [5.74, 6) is -0.814. The predicted octanol–water partition coefficient (Wildman–Crippen LogP) is 3.87. The molecule has 1 saturated carbocycles. The maximum atomic E-state index is 12.6. The van der Waals surface area contributed by atoms with Gasteiger partial charge in [0.1, 0.15) is 6.61 Å². The van der Waals surface area contributed by atoms with Gasteiger partial charge >= 0.3 is 12.1 Å². The van der Waals surface area contributed by atoms with Crippen molar-refractivity contribution in [3.05, 3.63) is 59.7 Å². The molecule has 3 aliphatic rings. The number of likely N-dealkylation sites (tertiary alicyclic amines) is 1. The van der Waals surface area contributed by atoms with Crippen molar-refractivity contribution < 1.29 is 24.2 Å². The van der Waals surface area contributed by atoms with Crippen LogP contribution in [0.15, 0.2) is 48.5 Å². The molecule has 2 amide bonds. The smallest absolute Gasteiger partial charge is 0.407 e. The molecule has 178 valence electrons. The summed E-state index contributed by atoms with van der Waals surface area (Å²) in [5, 5.41) is 12.0. The minimum Gasteiger partial charge on any atom is -0.481 e. The Morgan fingerprint density at radius 2 is 1.56 bits per heavy atom. The average molecular weight is 463 g/mol. The van der Waals surface area contributed by atoms with Crippen molar-refractivity contribution in [2.45, 2.75) is 38.1 Å². The first kappa shape index (κ1) is 22.4. The summed E-state index contributed by atoms with van der Waals surface area (Å²) < 4.78 is 5.64. The van der Waals surface area contributed by atoms with Crippen LogP contribution < -0.4 is 5.32 Å². The van der Waals surface area contributed by atoms with E-state index in [1.807, 2.05) is 38.1 Å². The molecule has 2 N–H and O–H groups in total. The van der Waals surface area contributed by atoms with Gasteiger partial charge in [-0.15, -0.1) is 0 Å². The van der Waals surface area contributed by atoms with Crippen LogP contribution in [0.5, 0.6) is 0 Å². The van der Waals surface area contributed by atoms with E-state index >= 15 is 0 Å². The Morgan fingerprint density at radius 3 is 2.12 bits per heavy atom. The number of benzene rings is 2. The number of carboxylic acid groups (broad SMARTS) is 1. The number of piperidine rings is 1. The molecule has 2 unspecified atom stereocenters. The molecule has 0 aromatic heterocycles. The Hall–Kier alpha value is -3.35. The molecular formula is C27H30N2O5. The molecule has 7 nitrogen and oxygen atoms in total. The molecule has 7 heteroatoms. The zero-order chi connectivity index (χ0) is 24.0. The molecule has 5 rings (SSSR count). The van der Waals surface area contributed by atoms with E-state index in [0.29, 0.717) is 25.9 Å². The van der Waals surface area contributed by atoms with E-state index in [2.05, 4.69) is 29.6 Å². The van der Waals surface area contributed by atoms with Gasteiger partial charge in [0.25, 0.3) is 0 Å². The van der Waals surface area contributed by atoms with E-state index < -0.39 is 17.6 Å².